The average Bonchev–Trinajstić information content (AvgIpc) is 2.82. The first-order chi connectivity index (χ1) is 11.6. The van der Waals surface area contributed by atoms with Gasteiger partial charge in [0.25, 0.3) is 5.91 Å². The molecule has 132 valence electrons. The number of rotatable bonds is 3. The molecule has 25 heavy (non-hydrogen) atoms. The molecule has 0 spiro atoms. The van der Waals surface area contributed by atoms with E-state index in [1.54, 1.807) is 16.7 Å². The minimum absolute atomic E-state index is 0.0231. The monoisotopic (exact) mass is 352 g/mol. The maximum Gasteiger partial charge on any atom is 0.426 e. The normalized spacial score (nSPS) is 17.6. The van der Waals surface area contributed by atoms with E-state index in [0.717, 1.165) is 19.3 Å². The van der Waals surface area contributed by atoms with Crippen molar-refractivity contribution in [3.05, 3.63) is 23.8 Å². The SMILES string of the molecule is CC(O)(C(=O)Nc1nc2ccc(C#N)cc2n1C1CCC1)C(F)(F)F. The quantitative estimate of drug-likeness (QED) is 0.889. The van der Waals surface area contributed by atoms with Gasteiger partial charge in [0.15, 0.2) is 0 Å². The smallest absolute Gasteiger partial charge is 0.373 e. The van der Waals surface area contributed by atoms with Gasteiger partial charge in [-0.05, 0) is 44.4 Å². The van der Waals surface area contributed by atoms with Crippen molar-refractivity contribution < 1.29 is 23.1 Å². The molecule has 1 fully saturated rings. The number of amides is 1. The van der Waals surface area contributed by atoms with Gasteiger partial charge in [-0.15, -0.1) is 0 Å². The highest BCUT2D eigenvalue weighted by Gasteiger charge is 2.56. The average molecular weight is 352 g/mol. The van der Waals surface area contributed by atoms with Crippen LogP contribution in [0, 0.1) is 11.3 Å². The Morgan fingerprint density at radius 2 is 2.12 bits per heavy atom. The Morgan fingerprint density at radius 3 is 2.64 bits per heavy atom. The summed E-state index contributed by atoms with van der Waals surface area (Å²) in [7, 11) is 0. The number of aromatic nitrogens is 2. The molecule has 0 saturated heterocycles. The number of anilines is 1. The largest absolute Gasteiger partial charge is 0.426 e. The van der Waals surface area contributed by atoms with Gasteiger partial charge in [0.1, 0.15) is 0 Å². The Balaban J connectivity index is 2.04. The number of aliphatic hydroxyl groups is 1. The predicted octanol–water partition coefficient (Wildman–Crippen LogP) is 2.88. The van der Waals surface area contributed by atoms with Crippen molar-refractivity contribution in [1.29, 1.82) is 5.26 Å². The Bertz CT molecular complexity index is 876. The first-order valence-electron chi connectivity index (χ1n) is 7.68. The molecule has 1 aromatic carbocycles. The molecule has 1 saturated carbocycles. The van der Waals surface area contributed by atoms with E-state index in [2.05, 4.69) is 10.3 Å². The van der Waals surface area contributed by atoms with Crippen LogP contribution in [0.1, 0.15) is 37.8 Å². The summed E-state index contributed by atoms with van der Waals surface area (Å²) in [6.45, 7) is 0.395. The molecule has 1 aliphatic rings. The Kier molecular flexibility index (Phi) is 3.95. The Morgan fingerprint density at radius 1 is 1.44 bits per heavy atom. The lowest BCUT2D eigenvalue weighted by molar-refractivity contribution is -0.242. The van der Waals surface area contributed by atoms with Gasteiger partial charge in [-0.3, -0.25) is 10.1 Å². The molecule has 1 heterocycles. The fourth-order valence-electron chi connectivity index (χ4n) is 2.62. The number of alkyl halides is 3. The third kappa shape index (κ3) is 2.82. The summed E-state index contributed by atoms with van der Waals surface area (Å²) in [6.07, 6.45) is -2.57. The number of nitrogens with zero attached hydrogens (tertiary/aromatic N) is 3. The van der Waals surface area contributed by atoms with Gasteiger partial charge >= 0.3 is 6.18 Å². The number of nitriles is 1. The predicted molar refractivity (Wildman–Crippen MR) is 82.6 cm³/mol. The van der Waals surface area contributed by atoms with Crippen LogP contribution in [-0.2, 0) is 4.79 Å². The van der Waals surface area contributed by atoms with Crippen molar-refractivity contribution in [3.63, 3.8) is 0 Å². The lowest BCUT2D eigenvalue weighted by atomic mass is 9.92. The highest BCUT2D eigenvalue weighted by Crippen LogP contribution is 2.38. The molecule has 2 N–H and O–H groups in total. The van der Waals surface area contributed by atoms with Crippen molar-refractivity contribution in [3.8, 4) is 6.07 Å². The van der Waals surface area contributed by atoms with Gasteiger partial charge in [0.05, 0.1) is 22.7 Å². The summed E-state index contributed by atoms with van der Waals surface area (Å²) >= 11 is 0. The van der Waals surface area contributed by atoms with Crippen LogP contribution in [0.4, 0.5) is 19.1 Å². The van der Waals surface area contributed by atoms with Gasteiger partial charge < -0.3 is 9.67 Å². The summed E-state index contributed by atoms with van der Waals surface area (Å²) in [5.74, 6) is -1.67. The summed E-state index contributed by atoms with van der Waals surface area (Å²) < 4.78 is 40.2. The highest BCUT2D eigenvalue weighted by molar-refractivity contribution is 5.97. The van der Waals surface area contributed by atoms with Gasteiger partial charge in [-0.25, -0.2) is 4.98 Å². The van der Waals surface area contributed by atoms with E-state index in [4.69, 9.17) is 5.26 Å². The molecule has 0 aliphatic heterocycles. The van der Waals surface area contributed by atoms with Crippen LogP contribution in [0.15, 0.2) is 18.2 Å². The molecule has 1 aromatic heterocycles. The number of hydrogen-bond acceptors (Lipinski definition) is 4. The fraction of sp³-hybridized carbons (Fsp3) is 0.438. The number of nitrogens with one attached hydrogen (secondary N) is 1. The van der Waals surface area contributed by atoms with Crippen molar-refractivity contribution in [1.82, 2.24) is 9.55 Å². The maximum absolute atomic E-state index is 12.9. The molecule has 2 aromatic rings. The zero-order chi connectivity index (χ0) is 18.4. The molecule has 3 rings (SSSR count). The van der Waals surface area contributed by atoms with E-state index < -0.39 is 17.7 Å². The molecular formula is C16H15F3N4O2. The van der Waals surface area contributed by atoms with Crippen molar-refractivity contribution >= 4 is 22.9 Å². The summed E-state index contributed by atoms with van der Waals surface area (Å²) in [5.41, 5.74) is -2.14. The van der Waals surface area contributed by atoms with Gasteiger partial charge in [0.2, 0.25) is 11.5 Å². The number of hydrogen-bond donors (Lipinski definition) is 2. The van der Waals surface area contributed by atoms with Crippen LogP contribution in [-0.4, -0.2) is 32.3 Å². The van der Waals surface area contributed by atoms with Crippen LogP contribution in [0.25, 0.3) is 11.0 Å². The Labute approximate surface area is 140 Å². The summed E-state index contributed by atoms with van der Waals surface area (Å²) in [4.78, 5) is 16.1. The molecular weight excluding hydrogens is 337 g/mol. The third-order valence-corrected chi connectivity index (χ3v) is 4.48. The number of carbonyl (C=O) groups is 1. The van der Waals surface area contributed by atoms with E-state index in [0.29, 0.717) is 23.5 Å². The van der Waals surface area contributed by atoms with Crippen molar-refractivity contribution in [2.45, 2.75) is 44.0 Å². The number of imidazole rings is 1. The van der Waals surface area contributed by atoms with Crippen LogP contribution >= 0.6 is 0 Å². The van der Waals surface area contributed by atoms with Crippen LogP contribution < -0.4 is 5.32 Å². The maximum atomic E-state index is 12.9. The lowest BCUT2D eigenvalue weighted by Crippen LogP contribution is -2.52. The van der Waals surface area contributed by atoms with Crippen LogP contribution in [0.3, 0.4) is 0 Å². The van der Waals surface area contributed by atoms with Gasteiger partial charge in [-0.1, -0.05) is 0 Å². The van der Waals surface area contributed by atoms with Crippen LogP contribution in [0.5, 0.6) is 0 Å². The number of benzene rings is 1. The van der Waals surface area contributed by atoms with E-state index >= 15 is 0 Å². The molecule has 0 radical (unpaired) electrons. The van der Waals surface area contributed by atoms with Crippen LogP contribution in [0.2, 0.25) is 0 Å². The molecule has 1 unspecified atom stereocenters. The number of halogens is 3. The topological polar surface area (TPSA) is 90.9 Å². The first-order valence-corrected chi connectivity index (χ1v) is 7.68. The standard InChI is InChI=1S/C16H15F3N4O2/c1-15(25,16(17,18)19)13(24)22-14-21-11-6-5-9(8-20)7-12(11)23(14)10-3-2-4-10/h5-7,10,25H,2-4H2,1H3,(H,21,22,24). The minimum Gasteiger partial charge on any atom is -0.373 e. The molecule has 1 amide bonds. The van der Waals surface area contributed by atoms with E-state index in [-0.39, 0.29) is 12.0 Å². The molecule has 0 bridgehead atoms. The molecule has 9 heteroatoms. The molecule has 1 aliphatic carbocycles. The zero-order valence-corrected chi connectivity index (χ0v) is 13.3. The minimum atomic E-state index is -5.11. The van der Waals surface area contributed by atoms with E-state index in [1.807, 2.05) is 6.07 Å². The lowest BCUT2D eigenvalue weighted by Gasteiger charge is -2.30. The Hall–Kier alpha value is -2.60. The van der Waals surface area contributed by atoms with Gasteiger partial charge in [0, 0.05) is 6.04 Å². The van der Waals surface area contributed by atoms with Crippen molar-refractivity contribution in [2.24, 2.45) is 0 Å². The molecule has 6 nitrogen and oxygen atoms in total. The first kappa shape index (κ1) is 17.2. The fourth-order valence-corrected chi connectivity index (χ4v) is 2.62. The summed E-state index contributed by atoms with van der Waals surface area (Å²) in [6, 6.07) is 6.67. The third-order valence-electron chi connectivity index (χ3n) is 4.48. The van der Waals surface area contributed by atoms with Crippen molar-refractivity contribution in [2.75, 3.05) is 5.32 Å². The zero-order valence-electron chi connectivity index (χ0n) is 13.3. The molecule has 1 atom stereocenters. The second kappa shape index (κ2) is 5.74. The second-order valence-electron chi connectivity index (χ2n) is 6.23. The number of fused-ring (bicyclic) bond motifs is 1. The number of carbonyl (C=O) groups excluding carboxylic acids is 1. The second-order valence-corrected chi connectivity index (χ2v) is 6.23. The van der Waals surface area contributed by atoms with Gasteiger partial charge in [-0.2, -0.15) is 18.4 Å². The summed E-state index contributed by atoms with van der Waals surface area (Å²) in [5, 5.41) is 20.7. The highest BCUT2D eigenvalue weighted by atomic mass is 19.4. The van der Waals surface area contributed by atoms with E-state index in [1.165, 1.54) is 6.07 Å². The van der Waals surface area contributed by atoms with E-state index in [9.17, 15) is 23.1 Å².